The summed E-state index contributed by atoms with van der Waals surface area (Å²) in [5.74, 6) is -2.35. The Morgan fingerprint density at radius 1 is 0.950 bits per heavy atom. The van der Waals surface area contributed by atoms with E-state index in [9.17, 15) is 19.2 Å². The fourth-order valence-corrected chi connectivity index (χ4v) is 3.97. The summed E-state index contributed by atoms with van der Waals surface area (Å²) in [5, 5.41) is 2.20. The van der Waals surface area contributed by atoms with Gasteiger partial charge in [-0.3, -0.25) is 29.4 Å². The maximum Gasteiger partial charge on any atom is 0.249 e. The van der Waals surface area contributed by atoms with Gasteiger partial charge in [0.05, 0.1) is 24.0 Å². The maximum absolute atomic E-state index is 12.5. The van der Waals surface area contributed by atoms with Gasteiger partial charge in [-0.2, -0.15) is 0 Å². The van der Waals surface area contributed by atoms with Crippen LogP contribution < -0.4 is 5.32 Å². The van der Waals surface area contributed by atoms with Crippen LogP contribution in [0.4, 0.5) is 0 Å². The second-order valence-corrected chi connectivity index (χ2v) is 5.86. The molecule has 106 valence electrons. The van der Waals surface area contributed by atoms with E-state index >= 15 is 0 Å². The molecular weight excluding hydrogens is 264 g/mol. The third-order valence-corrected chi connectivity index (χ3v) is 4.84. The summed E-state index contributed by atoms with van der Waals surface area (Å²) in [7, 11) is 0. The van der Waals surface area contributed by atoms with E-state index in [1.54, 1.807) is 0 Å². The topological polar surface area (TPSA) is 92.8 Å². The lowest BCUT2D eigenvalue weighted by molar-refractivity contribution is -0.153. The van der Waals surface area contributed by atoms with Crippen molar-refractivity contribution in [2.75, 3.05) is 0 Å². The number of nitrogens with zero attached hydrogens (tertiary/aromatic N) is 1. The molecule has 1 N–H and O–H groups in total. The Kier molecular flexibility index (Phi) is 2.33. The first kappa shape index (κ1) is 12.0. The molecule has 0 radical (unpaired) electrons. The van der Waals surface area contributed by atoms with E-state index in [1.165, 1.54) is 0 Å². The number of piperidine rings is 1. The Morgan fingerprint density at radius 3 is 2.10 bits per heavy atom. The Labute approximate surface area is 114 Å². The Morgan fingerprint density at radius 2 is 1.55 bits per heavy atom. The van der Waals surface area contributed by atoms with E-state index < -0.39 is 23.8 Å². The van der Waals surface area contributed by atoms with Crippen LogP contribution in [0.25, 0.3) is 0 Å². The van der Waals surface area contributed by atoms with E-state index in [4.69, 9.17) is 4.74 Å². The minimum absolute atomic E-state index is 0.159. The van der Waals surface area contributed by atoms with Gasteiger partial charge in [-0.15, -0.1) is 0 Å². The van der Waals surface area contributed by atoms with Crippen LogP contribution in [0.5, 0.6) is 0 Å². The molecule has 4 amide bonds. The Hall–Kier alpha value is -1.76. The summed E-state index contributed by atoms with van der Waals surface area (Å²) in [4.78, 5) is 49.1. The Bertz CT molecular complexity index is 517. The monoisotopic (exact) mass is 278 g/mol. The number of amides is 4. The molecule has 0 aromatic rings. The molecule has 7 nitrogen and oxygen atoms in total. The zero-order chi connectivity index (χ0) is 14.0. The first-order valence-corrected chi connectivity index (χ1v) is 6.94. The van der Waals surface area contributed by atoms with E-state index in [0.29, 0.717) is 0 Å². The third-order valence-electron chi connectivity index (χ3n) is 4.84. The van der Waals surface area contributed by atoms with Crippen LogP contribution in [0.1, 0.15) is 25.7 Å². The van der Waals surface area contributed by atoms with E-state index in [1.807, 2.05) is 0 Å². The SMILES string of the molecule is O=C1CC[C@@H](N2C(=O)[C@H]3[C@H](C2=O)[C@H]2CC[C@H]3O2)C(=O)N1. The molecule has 0 aromatic carbocycles. The van der Waals surface area contributed by atoms with Crippen LogP contribution in [-0.2, 0) is 23.9 Å². The minimum atomic E-state index is -0.835. The lowest BCUT2D eigenvalue weighted by atomic mass is 9.81. The van der Waals surface area contributed by atoms with Crippen molar-refractivity contribution in [2.45, 2.75) is 43.9 Å². The largest absolute Gasteiger partial charge is 0.373 e. The molecule has 0 unspecified atom stereocenters. The summed E-state index contributed by atoms with van der Waals surface area (Å²) >= 11 is 0. The molecule has 4 saturated heterocycles. The lowest BCUT2D eigenvalue weighted by Gasteiger charge is -2.29. The number of fused-ring (bicyclic) bond motifs is 5. The van der Waals surface area contributed by atoms with Gasteiger partial charge >= 0.3 is 0 Å². The highest BCUT2D eigenvalue weighted by Gasteiger charge is 2.64. The van der Waals surface area contributed by atoms with Crippen LogP contribution in [-0.4, -0.2) is 46.8 Å². The van der Waals surface area contributed by atoms with Crippen molar-refractivity contribution in [1.82, 2.24) is 10.2 Å². The molecule has 0 saturated carbocycles. The molecule has 2 bridgehead atoms. The number of carbonyl (C=O) groups is 4. The van der Waals surface area contributed by atoms with Gasteiger partial charge in [0.1, 0.15) is 6.04 Å². The van der Waals surface area contributed by atoms with Crippen molar-refractivity contribution in [1.29, 1.82) is 0 Å². The van der Waals surface area contributed by atoms with Gasteiger partial charge < -0.3 is 4.74 Å². The standard InChI is InChI=1S/C13H14N2O5/c16-8-4-1-5(11(17)14-8)15-12(18)9-6-2-3-7(20-6)10(9)13(15)19/h5-7,9-10H,1-4H2,(H,14,16,17)/t5-,6-,7-,9-,10-/m1/s1. The van der Waals surface area contributed by atoms with Gasteiger partial charge in [0.2, 0.25) is 23.6 Å². The van der Waals surface area contributed by atoms with Crippen molar-refractivity contribution >= 4 is 23.6 Å². The first-order chi connectivity index (χ1) is 9.58. The average molecular weight is 278 g/mol. The van der Waals surface area contributed by atoms with Crippen LogP contribution in [0, 0.1) is 11.8 Å². The number of likely N-dealkylation sites (tertiary alicyclic amines) is 1. The number of carbonyl (C=O) groups excluding carboxylic acids is 4. The summed E-state index contributed by atoms with van der Waals surface area (Å²) in [5.41, 5.74) is 0. The summed E-state index contributed by atoms with van der Waals surface area (Å²) in [6.07, 6.45) is 1.62. The zero-order valence-electron chi connectivity index (χ0n) is 10.7. The quantitative estimate of drug-likeness (QED) is 0.618. The molecule has 0 spiro atoms. The molecular formula is C13H14N2O5. The number of ether oxygens (including phenoxy) is 1. The van der Waals surface area contributed by atoms with Gasteiger partial charge in [0.15, 0.2) is 0 Å². The molecule has 0 aromatic heterocycles. The molecule has 20 heavy (non-hydrogen) atoms. The van der Waals surface area contributed by atoms with Gasteiger partial charge in [0, 0.05) is 6.42 Å². The maximum atomic E-state index is 12.5. The van der Waals surface area contributed by atoms with Crippen LogP contribution in [0.2, 0.25) is 0 Å². The predicted molar refractivity (Wildman–Crippen MR) is 62.9 cm³/mol. The molecule has 0 aliphatic carbocycles. The second-order valence-electron chi connectivity index (χ2n) is 5.86. The van der Waals surface area contributed by atoms with E-state index in [-0.39, 0.29) is 42.8 Å². The fraction of sp³-hybridized carbons (Fsp3) is 0.692. The van der Waals surface area contributed by atoms with Crippen molar-refractivity contribution in [2.24, 2.45) is 11.8 Å². The fourth-order valence-electron chi connectivity index (χ4n) is 3.97. The van der Waals surface area contributed by atoms with Crippen molar-refractivity contribution in [3.63, 3.8) is 0 Å². The summed E-state index contributed by atoms with van der Waals surface area (Å²) in [6.45, 7) is 0. The lowest BCUT2D eigenvalue weighted by Crippen LogP contribution is -2.55. The van der Waals surface area contributed by atoms with Crippen LogP contribution in [0.3, 0.4) is 0 Å². The highest BCUT2D eigenvalue weighted by Crippen LogP contribution is 2.49. The summed E-state index contributed by atoms with van der Waals surface area (Å²) in [6, 6.07) is -0.835. The van der Waals surface area contributed by atoms with Crippen molar-refractivity contribution in [3.05, 3.63) is 0 Å². The van der Waals surface area contributed by atoms with Crippen molar-refractivity contribution in [3.8, 4) is 0 Å². The highest BCUT2D eigenvalue weighted by molar-refractivity contribution is 6.11. The Balaban J connectivity index is 1.64. The second kappa shape index (κ2) is 3.88. The normalized spacial score (nSPS) is 43.2. The van der Waals surface area contributed by atoms with Gasteiger partial charge in [0.25, 0.3) is 0 Å². The van der Waals surface area contributed by atoms with Gasteiger partial charge in [-0.1, -0.05) is 0 Å². The van der Waals surface area contributed by atoms with E-state index in [2.05, 4.69) is 5.32 Å². The smallest absolute Gasteiger partial charge is 0.249 e. The van der Waals surface area contributed by atoms with Gasteiger partial charge in [-0.05, 0) is 19.3 Å². The molecule has 4 aliphatic rings. The van der Waals surface area contributed by atoms with E-state index in [0.717, 1.165) is 17.7 Å². The van der Waals surface area contributed by atoms with Crippen LogP contribution in [0.15, 0.2) is 0 Å². The number of nitrogens with one attached hydrogen (secondary N) is 1. The highest BCUT2D eigenvalue weighted by atomic mass is 16.5. The zero-order valence-corrected chi connectivity index (χ0v) is 10.7. The number of hydrogen-bond donors (Lipinski definition) is 1. The van der Waals surface area contributed by atoms with Gasteiger partial charge in [-0.25, -0.2) is 0 Å². The minimum Gasteiger partial charge on any atom is -0.373 e. The summed E-state index contributed by atoms with van der Waals surface area (Å²) < 4.78 is 5.64. The first-order valence-electron chi connectivity index (χ1n) is 6.94. The predicted octanol–water partition coefficient (Wildman–Crippen LogP) is -1.05. The molecule has 5 atom stereocenters. The molecule has 7 heteroatoms. The molecule has 4 heterocycles. The molecule has 4 aliphatic heterocycles. The number of hydrogen-bond acceptors (Lipinski definition) is 5. The third kappa shape index (κ3) is 1.38. The number of imide groups is 2. The average Bonchev–Trinajstić information content (AvgIpc) is 3.06. The molecule has 4 fully saturated rings. The number of rotatable bonds is 1. The van der Waals surface area contributed by atoms with Crippen molar-refractivity contribution < 1.29 is 23.9 Å². The van der Waals surface area contributed by atoms with Crippen LogP contribution >= 0.6 is 0 Å². The molecule has 4 rings (SSSR count).